The molecule has 154 valence electrons. The molecule has 0 amide bonds. The minimum Gasteiger partial charge on any atom is -0.545 e. The number of hydrogen-bond acceptors (Lipinski definition) is 4. The molecule has 0 saturated heterocycles. The van der Waals surface area contributed by atoms with Gasteiger partial charge in [0.05, 0.1) is 11.9 Å². The first-order chi connectivity index (χ1) is 12.9. The Morgan fingerprint density at radius 1 is 0.655 bits per heavy atom. The van der Waals surface area contributed by atoms with Crippen molar-refractivity contribution >= 4 is 39.2 Å². The van der Waals surface area contributed by atoms with Crippen LogP contribution in [0.15, 0.2) is 48.5 Å². The Morgan fingerprint density at radius 3 is 1.07 bits per heavy atom. The summed E-state index contributed by atoms with van der Waals surface area (Å²) in [5.41, 5.74) is 2.99. The zero-order valence-electron chi connectivity index (χ0n) is 18.2. The van der Waals surface area contributed by atoms with Crippen LogP contribution in [0.1, 0.15) is 86.2 Å². The molecule has 2 aromatic rings. The van der Waals surface area contributed by atoms with E-state index < -0.39 is 11.9 Å². The predicted octanol–water partition coefficient (Wildman–Crippen LogP) is 3.09. The Bertz CT molecular complexity index is 721. The van der Waals surface area contributed by atoms with Gasteiger partial charge >= 0.3 is 27.3 Å². The van der Waals surface area contributed by atoms with Crippen molar-refractivity contribution < 1.29 is 19.8 Å². The molecule has 0 N–H and O–H groups in total. The number of carboxylic acid groups (broad SMARTS) is 2. The third kappa shape index (κ3) is 7.91. The van der Waals surface area contributed by atoms with Crippen LogP contribution in [0.2, 0.25) is 0 Å². The van der Waals surface area contributed by atoms with E-state index in [1.54, 1.807) is 24.3 Å². The fraction of sp³-hybridized carbons (Fsp3) is 0.417. The largest absolute Gasteiger partial charge is 2.00 e. The molecule has 0 saturated carbocycles. The molecule has 0 atom stereocenters. The molecule has 5 heteroatoms. The summed E-state index contributed by atoms with van der Waals surface area (Å²) in [6.07, 6.45) is 2.05. The van der Waals surface area contributed by atoms with E-state index in [9.17, 15) is 19.8 Å². The van der Waals surface area contributed by atoms with Gasteiger partial charge in [0.15, 0.2) is 0 Å². The van der Waals surface area contributed by atoms with Crippen LogP contribution in [-0.2, 0) is 10.8 Å². The van der Waals surface area contributed by atoms with Crippen LogP contribution in [0.3, 0.4) is 0 Å². The second kappa shape index (κ2) is 11.5. The third-order valence-electron chi connectivity index (χ3n) is 5.57. The third-order valence-corrected chi connectivity index (χ3v) is 5.57. The minimum absolute atomic E-state index is 0. The van der Waals surface area contributed by atoms with Crippen LogP contribution in [0.5, 0.6) is 0 Å². The molecule has 0 aromatic heterocycles. The van der Waals surface area contributed by atoms with E-state index in [2.05, 4.69) is 41.5 Å². The summed E-state index contributed by atoms with van der Waals surface area (Å²) >= 11 is 0. The van der Waals surface area contributed by atoms with Gasteiger partial charge in [-0.2, -0.15) is 0 Å². The van der Waals surface area contributed by atoms with E-state index in [-0.39, 0.29) is 49.3 Å². The zero-order valence-corrected chi connectivity index (χ0v) is 22.1. The van der Waals surface area contributed by atoms with Gasteiger partial charge in [0.2, 0.25) is 0 Å². The van der Waals surface area contributed by atoms with Crippen LogP contribution in [0.4, 0.5) is 0 Å². The summed E-state index contributed by atoms with van der Waals surface area (Å²) in [5, 5.41) is 21.0. The van der Waals surface area contributed by atoms with Crippen LogP contribution in [0.25, 0.3) is 0 Å². The molecule has 0 aliphatic heterocycles. The van der Waals surface area contributed by atoms with Gasteiger partial charge in [0.25, 0.3) is 0 Å². The number of carboxylic acids is 2. The summed E-state index contributed by atoms with van der Waals surface area (Å²) in [6.45, 7) is 12.8. The van der Waals surface area contributed by atoms with Crippen LogP contribution < -0.4 is 10.2 Å². The molecule has 4 nitrogen and oxygen atoms in total. The van der Waals surface area contributed by atoms with Crippen molar-refractivity contribution in [2.75, 3.05) is 0 Å². The molecule has 0 heterocycles. The van der Waals surface area contributed by atoms with Crippen LogP contribution >= 0.6 is 0 Å². The first-order valence-corrected chi connectivity index (χ1v) is 9.58. The van der Waals surface area contributed by atoms with Gasteiger partial charge in [-0.1, -0.05) is 90.1 Å². The fourth-order valence-corrected chi connectivity index (χ4v) is 2.52. The Kier molecular flexibility index (Phi) is 10.8. The fourth-order valence-electron chi connectivity index (χ4n) is 2.52. The molecule has 2 rings (SSSR count). The Labute approximate surface area is 194 Å². The minimum atomic E-state index is -1.12. The Balaban J connectivity index is 0.000000523. The predicted molar refractivity (Wildman–Crippen MR) is 114 cm³/mol. The van der Waals surface area contributed by atoms with Gasteiger partial charge in [0.1, 0.15) is 0 Å². The standard InChI is InChI=1S/2C12H16O2.Pb/c2*1-4-12(2,3)10-7-5-9(6-8-10)11(13)14;/h2*5-8H,4H2,1-3H3,(H,13,14);/q;;+2/p-2. The van der Waals surface area contributed by atoms with E-state index >= 15 is 0 Å². The van der Waals surface area contributed by atoms with Crippen LogP contribution in [0, 0.1) is 0 Å². The van der Waals surface area contributed by atoms with Gasteiger partial charge in [-0.3, -0.25) is 0 Å². The van der Waals surface area contributed by atoms with E-state index in [0.717, 1.165) is 24.0 Å². The number of hydrogen-bond donors (Lipinski definition) is 0. The molecule has 2 aromatic carbocycles. The average Bonchev–Trinajstić information content (AvgIpc) is 2.68. The average molecular weight is 590 g/mol. The number of aromatic carboxylic acids is 2. The van der Waals surface area contributed by atoms with Gasteiger partial charge in [-0.25, -0.2) is 0 Å². The number of rotatable bonds is 6. The van der Waals surface area contributed by atoms with E-state index in [1.165, 1.54) is 0 Å². The maximum Gasteiger partial charge on any atom is 2.00 e. The number of carbonyl (C=O) groups is 2. The number of benzene rings is 2. The molecule has 0 bridgehead atoms. The van der Waals surface area contributed by atoms with Crippen molar-refractivity contribution in [3.05, 3.63) is 70.8 Å². The molecule has 2 radical (unpaired) electrons. The molecule has 0 aliphatic rings. The second-order valence-electron chi connectivity index (χ2n) is 8.20. The van der Waals surface area contributed by atoms with Gasteiger partial charge in [-0.15, -0.1) is 0 Å². The SMILES string of the molecule is CCC(C)(C)c1ccc(C(=O)[O-])cc1.CCC(C)(C)c1ccc(C(=O)[O-])cc1.[Pb+2]. The summed E-state index contributed by atoms with van der Waals surface area (Å²) in [5.74, 6) is -2.24. The number of carbonyl (C=O) groups excluding carboxylic acids is 2. The molecule has 0 fully saturated rings. The Morgan fingerprint density at radius 2 is 0.897 bits per heavy atom. The van der Waals surface area contributed by atoms with Crippen molar-refractivity contribution in [3.63, 3.8) is 0 Å². The normalized spacial score (nSPS) is 11.0. The molecule has 0 unspecified atom stereocenters. The topological polar surface area (TPSA) is 80.3 Å². The molecular weight excluding hydrogens is 559 g/mol. The van der Waals surface area contributed by atoms with Crippen LogP contribution in [-0.4, -0.2) is 39.2 Å². The summed E-state index contributed by atoms with van der Waals surface area (Å²) in [4.78, 5) is 21.0. The molecule has 0 spiro atoms. The summed E-state index contributed by atoms with van der Waals surface area (Å²) in [6, 6.07) is 13.8. The quantitative estimate of drug-likeness (QED) is 0.486. The van der Waals surface area contributed by atoms with Gasteiger partial charge in [-0.05, 0) is 45.9 Å². The van der Waals surface area contributed by atoms with E-state index in [0.29, 0.717) is 0 Å². The van der Waals surface area contributed by atoms with Crippen molar-refractivity contribution in [3.8, 4) is 0 Å². The van der Waals surface area contributed by atoms with E-state index in [4.69, 9.17) is 0 Å². The first kappa shape index (κ1) is 27.3. The smallest absolute Gasteiger partial charge is 0.545 e. The maximum absolute atomic E-state index is 10.5. The molecule has 29 heavy (non-hydrogen) atoms. The van der Waals surface area contributed by atoms with E-state index in [1.807, 2.05) is 24.3 Å². The summed E-state index contributed by atoms with van der Waals surface area (Å²) in [7, 11) is 0. The second-order valence-corrected chi connectivity index (χ2v) is 8.20. The van der Waals surface area contributed by atoms with Crippen molar-refractivity contribution in [1.82, 2.24) is 0 Å². The first-order valence-electron chi connectivity index (χ1n) is 9.58. The van der Waals surface area contributed by atoms with Crippen molar-refractivity contribution in [2.45, 2.75) is 65.2 Å². The Hall–Kier alpha value is -1.70. The van der Waals surface area contributed by atoms with Crippen molar-refractivity contribution in [1.29, 1.82) is 0 Å². The molecule has 0 aliphatic carbocycles. The zero-order chi connectivity index (χ0) is 21.5. The van der Waals surface area contributed by atoms with Gasteiger partial charge in [0, 0.05) is 0 Å². The monoisotopic (exact) mass is 590 g/mol. The summed E-state index contributed by atoms with van der Waals surface area (Å²) < 4.78 is 0. The van der Waals surface area contributed by atoms with Crippen molar-refractivity contribution in [2.24, 2.45) is 0 Å². The maximum atomic E-state index is 10.5. The van der Waals surface area contributed by atoms with Gasteiger partial charge < -0.3 is 19.8 Å². The molecular formula is C24H30O4Pb.